The van der Waals surface area contributed by atoms with Crippen molar-refractivity contribution in [1.29, 1.82) is 0 Å². The van der Waals surface area contributed by atoms with Gasteiger partial charge in [-0.25, -0.2) is 4.98 Å². The van der Waals surface area contributed by atoms with Crippen LogP contribution < -0.4 is 0 Å². The molecule has 1 aromatic rings. The molecule has 0 N–H and O–H groups in total. The molecule has 0 aromatic carbocycles. The van der Waals surface area contributed by atoms with Crippen molar-refractivity contribution in [3.8, 4) is 0 Å². The molecule has 0 radical (unpaired) electrons. The van der Waals surface area contributed by atoms with E-state index in [0.717, 1.165) is 19.4 Å². The Balaban J connectivity index is 2.03. The molecular weight excluding hydrogens is 287 g/mol. The van der Waals surface area contributed by atoms with Crippen LogP contribution >= 0.6 is 23.2 Å². The molecule has 0 saturated carbocycles. The van der Waals surface area contributed by atoms with Gasteiger partial charge in [-0.2, -0.15) is 0 Å². The molecule has 19 heavy (non-hydrogen) atoms. The van der Waals surface area contributed by atoms with E-state index in [1.807, 2.05) is 0 Å². The highest BCUT2D eigenvalue weighted by Gasteiger charge is 2.22. The summed E-state index contributed by atoms with van der Waals surface area (Å²) in [7, 11) is 1.75. The molecule has 4 nitrogen and oxygen atoms in total. The summed E-state index contributed by atoms with van der Waals surface area (Å²) < 4.78 is 5.41. The number of ether oxygens (including phenoxy) is 1. The van der Waals surface area contributed by atoms with E-state index < -0.39 is 0 Å². The second-order valence-corrected chi connectivity index (χ2v) is 5.53. The third kappa shape index (κ3) is 3.81. The van der Waals surface area contributed by atoms with E-state index in [1.54, 1.807) is 24.1 Å². The van der Waals surface area contributed by atoms with E-state index in [0.29, 0.717) is 24.1 Å². The Morgan fingerprint density at radius 3 is 3.00 bits per heavy atom. The summed E-state index contributed by atoms with van der Waals surface area (Å²) >= 11 is 11.8. The monoisotopic (exact) mass is 302 g/mol. The van der Waals surface area contributed by atoms with Crippen LogP contribution in [0.15, 0.2) is 12.1 Å². The number of aromatic nitrogens is 1. The maximum Gasteiger partial charge on any atom is 0.273 e. The summed E-state index contributed by atoms with van der Waals surface area (Å²) in [6, 6.07) is 3.15. The first kappa shape index (κ1) is 14.6. The van der Waals surface area contributed by atoms with Crippen LogP contribution in [-0.2, 0) is 4.74 Å². The Morgan fingerprint density at radius 2 is 2.32 bits per heavy atom. The predicted molar refractivity (Wildman–Crippen MR) is 74.8 cm³/mol. The fourth-order valence-electron chi connectivity index (χ4n) is 2.17. The predicted octanol–water partition coefficient (Wildman–Crippen LogP) is 2.89. The van der Waals surface area contributed by atoms with Crippen LogP contribution in [0.4, 0.5) is 0 Å². The van der Waals surface area contributed by atoms with Crippen LogP contribution in [0, 0.1) is 5.92 Å². The van der Waals surface area contributed by atoms with Gasteiger partial charge in [-0.3, -0.25) is 4.79 Å². The molecule has 1 atom stereocenters. The highest BCUT2D eigenvalue weighted by molar-refractivity contribution is 6.34. The molecule has 1 fully saturated rings. The van der Waals surface area contributed by atoms with Crippen molar-refractivity contribution >= 4 is 29.1 Å². The first-order valence-electron chi connectivity index (χ1n) is 6.23. The van der Waals surface area contributed by atoms with Crippen LogP contribution in [0.3, 0.4) is 0 Å². The summed E-state index contributed by atoms with van der Waals surface area (Å²) in [5, 5.41) is 0.586. The quantitative estimate of drug-likeness (QED) is 0.806. The van der Waals surface area contributed by atoms with E-state index in [-0.39, 0.29) is 16.8 Å². The molecule has 1 unspecified atom stereocenters. The summed E-state index contributed by atoms with van der Waals surface area (Å²) in [4.78, 5) is 17.9. The molecule has 0 spiro atoms. The molecule has 0 aliphatic carbocycles. The lowest BCUT2D eigenvalue weighted by atomic mass is 10.0. The van der Waals surface area contributed by atoms with Crippen LogP contribution in [0.2, 0.25) is 10.2 Å². The third-order valence-electron chi connectivity index (χ3n) is 3.15. The van der Waals surface area contributed by atoms with Crippen molar-refractivity contribution in [3.05, 3.63) is 28.0 Å². The lowest BCUT2D eigenvalue weighted by Crippen LogP contribution is -2.35. The Bertz CT molecular complexity index is 462. The Labute approximate surface area is 122 Å². The number of hydrogen-bond acceptors (Lipinski definition) is 3. The average molecular weight is 303 g/mol. The van der Waals surface area contributed by atoms with Gasteiger partial charge in [0.15, 0.2) is 0 Å². The fourth-order valence-corrected chi connectivity index (χ4v) is 2.50. The fraction of sp³-hybridized carbons (Fsp3) is 0.538. The van der Waals surface area contributed by atoms with Crippen molar-refractivity contribution in [3.63, 3.8) is 0 Å². The van der Waals surface area contributed by atoms with Crippen molar-refractivity contribution < 1.29 is 9.53 Å². The van der Waals surface area contributed by atoms with Crippen LogP contribution in [0.1, 0.15) is 23.3 Å². The van der Waals surface area contributed by atoms with Crippen LogP contribution in [0.25, 0.3) is 0 Å². The molecule has 2 heterocycles. The third-order valence-corrected chi connectivity index (χ3v) is 3.66. The van der Waals surface area contributed by atoms with E-state index in [4.69, 9.17) is 27.9 Å². The number of hydrogen-bond donors (Lipinski definition) is 0. The Hall–Kier alpha value is -0.840. The first-order chi connectivity index (χ1) is 9.08. The van der Waals surface area contributed by atoms with Gasteiger partial charge in [-0.05, 0) is 30.9 Å². The number of amides is 1. The van der Waals surface area contributed by atoms with Gasteiger partial charge in [0.1, 0.15) is 10.8 Å². The van der Waals surface area contributed by atoms with Gasteiger partial charge in [0, 0.05) is 20.2 Å². The number of nitrogens with zero attached hydrogens (tertiary/aromatic N) is 2. The maximum absolute atomic E-state index is 12.3. The molecular formula is C13H16Cl2N2O2. The lowest BCUT2D eigenvalue weighted by molar-refractivity contribution is 0.0387. The second-order valence-electron chi connectivity index (χ2n) is 4.73. The largest absolute Gasteiger partial charge is 0.381 e. The van der Waals surface area contributed by atoms with Gasteiger partial charge in [0.25, 0.3) is 5.91 Å². The van der Waals surface area contributed by atoms with E-state index in [9.17, 15) is 4.79 Å². The summed E-state index contributed by atoms with van der Waals surface area (Å²) in [6.07, 6.45) is 2.12. The number of pyridine rings is 1. The molecule has 1 aliphatic rings. The minimum absolute atomic E-state index is 0.202. The van der Waals surface area contributed by atoms with Gasteiger partial charge in [0.2, 0.25) is 0 Å². The van der Waals surface area contributed by atoms with Gasteiger partial charge in [-0.15, -0.1) is 0 Å². The minimum Gasteiger partial charge on any atom is -0.381 e. The Morgan fingerprint density at radius 1 is 1.53 bits per heavy atom. The molecule has 1 aliphatic heterocycles. The SMILES string of the molecule is CN(CC1CCCOC1)C(=O)c1nc(Cl)ccc1Cl. The molecule has 0 bridgehead atoms. The number of halogens is 2. The summed E-state index contributed by atoms with van der Waals surface area (Å²) in [5.74, 6) is 0.165. The zero-order valence-electron chi connectivity index (χ0n) is 10.7. The standard InChI is InChI=1S/C13H16Cl2N2O2/c1-17(7-9-3-2-6-19-8-9)13(18)12-10(14)4-5-11(15)16-12/h4-5,9H,2-3,6-8H2,1H3. The normalized spacial score (nSPS) is 19.2. The molecule has 2 rings (SSSR count). The molecule has 1 saturated heterocycles. The van der Waals surface area contributed by atoms with Crippen molar-refractivity contribution in [2.45, 2.75) is 12.8 Å². The molecule has 104 valence electrons. The van der Waals surface area contributed by atoms with E-state index in [2.05, 4.69) is 4.98 Å². The number of rotatable bonds is 3. The average Bonchev–Trinajstić information content (AvgIpc) is 2.42. The summed E-state index contributed by atoms with van der Waals surface area (Å²) in [5.41, 5.74) is 0.202. The summed E-state index contributed by atoms with van der Waals surface area (Å²) in [6.45, 7) is 2.16. The van der Waals surface area contributed by atoms with Crippen molar-refractivity contribution in [1.82, 2.24) is 9.88 Å². The van der Waals surface area contributed by atoms with Gasteiger partial charge >= 0.3 is 0 Å². The highest BCUT2D eigenvalue weighted by atomic mass is 35.5. The minimum atomic E-state index is -0.210. The topological polar surface area (TPSA) is 42.4 Å². The molecule has 1 amide bonds. The van der Waals surface area contributed by atoms with Crippen molar-refractivity contribution in [2.24, 2.45) is 5.92 Å². The lowest BCUT2D eigenvalue weighted by Gasteiger charge is -2.27. The Kier molecular flexibility index (Phi) is 5.02. The first-order valence-corrected chi connectivity index (χ1v) is 6.99. The van der Waals surface area contributed by atoms with Gasteiger partial charge < -0.3 is 9.64 Å². The smallest absolute Gasteiger partial charge is 0.273 e. The maximum atomic E-state index is 12.3. The molecule has 6 heteroatoms. The van der Waals surface area contributed by atoms with E-state index in [1.165, 1.54) is 0 Å². The zero-order chi connectivity index (χ0) is 13.8. The van der Waals surface area contributed by atoms with Gasteiger partial charge in [-0.1, -0.05) is 23.2 Å². The second kappa shape index (κ2) is 6.55. The van der Waals surface area contributed by atoms with Crippen LogP contribution in [0.5, 0.6) is 0 Å². The van der Waals surface area contributed by atoms with Crippen LogP contribution in [-0.4, -0.2) is 42.6 Å². The highest BCUT2D eigenvalue weighted by Crippen LogP contribution is 2.20. The number of carbonyl (C=O) groups is 1. The van der Waals surface area contributed by atoms with Crippen molar-refractivity contribution in [2.75, 3.05) is 26.8 Å². The molecule has 1 aromatic heterocycles. The van der Waals surface area contributed by atoms with Gasteiger partial charge in [0.05, 0.1) is 11.6 Å². The number of carbonyl (C=O) groups excluding carboxylic acids is 1. The van der Waals surface area contributed by atoms with E-state index >= 15 is 0 Å². The zero-order valence-corrected chi connectivity index (χ0v) is 12.2.